The molecule has 0 aliphatic heterocycles. The zero-order chi connectivity index (χ0) is 36.7. The molecule has 0 aliphatic carbocycles. The molecule has 3 aromatic heterocycles. The second-order valence-corrected chi connectivity index (χ2v) is 14.5. The van der Waals surface area contributed by atoms with Crippen LogP contribution < -0.4 is 0 Å². The fraction of sp³-hybridized carbons (Fsp3) is 0. The van der Waals surface area contributed by atoms with Crippen molar-refractivity contribution in [3.05, 3.63) is 182 Å². The molecular weight excluding hydrogens is 685 g/mol. The van der Waals surface area contributed by atoms with Gasteiger partial charge < -0.3 is 8.83 Å². The van der Waals surface area contributed by atoms with Crippen LogP contribution in [0.2, 0.25) is 0 Å². The molecule has 4 heteroatoms. The summed E-state index contributed by atoms with van der Waals surface area (Å²) in [5.41, 5.74) is 13.4. The van der Waals surface area contributed by atoms with Crippen LogP contribution in [0.4, 0.5) is 0 Å². The lowest BCUT2D eigenvalue weighted by Crippen LogP contribution is -1.94. The number of hydrogen-bond donors (Lipinski definition) is 0. The van der Waals surface area contributed by atoms with E-state index in [9.17, 15) is 0 Å². The summed E-state index contributed by atoms with van der Waals surface area (Å²) in [6.45, 7) is 0. The van der Waals surface area contributed by atoms with Crippen molar-refractivity contribution in [3.63, 3.8) is 0 Å². The van der Waals surface area contributed by atoms with Crippen LogP contribution in [0.1, 0.15) is 0 Å². The van der Waals surface area contributed by atoms with E-state index in [0.717, 1.165) is 105 Å². The minimum atomic E-state index is 0.797. The van der Waals surface area contributed by atoms with E-state index in [0.29, 0.717) is 0 Å². The van der Waals surface area contributed by atoms with Gasteiger partial charge in [0.25, 0.3) is 0 Å². The van der Waals surface area contributed by atoms with Crippen molar-refractivity contribution >= 4 is 76.5 Å². The normalized spacial score (nSPS) is 11.9. The first kappa shape index (κ1) is 30.9. The molecule has 0 atom stereocenters. The first-order chi connectivity index (χ1) is 27.7. The number of rotatable bonds is 4. The van der Waals surface area contributed by atoms with Crippen molar-refractivity contribution < 1.29 is 8.83 Å². The Labute approximate surface area is 320 Å². The number of para-hydroxylation sites is 2. The summed E-state index contributed by atoms with van der Waals surface area (Å²) in [7, 11) is 0. The highest BCUT2D eigenvalue weighted by Crippen LogP contribution is 2.46. The van der Waals surface area contributed by atoms with Gasteiger partial charge >= 0.3 is 0 Å². The van der Waals surface area contributed by atoms with E-state index in [1.54, 1.807) is 0 Å². The standard InChI is InChI=1S/C52H30N2O2/c1-2-13-31(14-3-1)32-15-12-16-33(25-32)34-26-35(44-30-53-50-40-20-6-4-17-37(40)38-18-5-7-21-41(38)51(50)54-44)28-36(27-34)48-49-42-22-9-11-24-46(42)55-47(49)29-43-39-19-8-10-23-45(39)56-52(43)48/h1-30H. The molecule has 0 unspecified atom stereocenters. The van der Waals surface area contributed by atoms with Gasteiger partial charge in [-0.3, -0.25) is 4.98 Å². The van der Waals surface area contributed by atoms with E-state index in [1.165, 1.54) is 16.3 Å². The van der Waals surface area contributed by atoms with E-state index >= 15 is 0 Å². The summed E-state index contributed by atoms with van der Waals surface area (Å²) in [5.74, 6) is 0. The molecule has 260 valence electrons. The molecule has 56 heavy (non-hydrogen) atoms. The third-order valence-corrected chi connectivity index (χ3v) is 11.3. The van der Waals surface area contributed by atoms with Crippen molar-refractivity contribution in [2.75, 3.05) is 0 Å². The Bertz CT molecular complexity index is 3500. The maximum Gasteiger partial charge on any atom is 0.144 e. The lowest BCUT2D eigenvalue weighted by molar-refractivity contribution is 0.664. The van der Waals surface area contributed by atoms with Crippen molar-refractivity contribution in [1.29, 1.82) is 0 Å². The molecule has 0 amide bonds. The molecular formula is C52H30N2O2. The summed E-state index contributed by atoms with van der Waals surface area (Å²) in [6, 6.07) is 61.7. The SMILES string of the molecule is c1ccc(-c2cccc(-c3cc(-c4cnc5c6ccccc6c6ccccc6c5n4)cc(-c4c5oc6ccccc6c5cc5oc6ccccc6c45)c3)c2)cc1. The van der Waals surface area contributed by atoms with Crippen LogP contribution in [0, 0.1) is 0 Å². The second-order valence-electron chi connectivity index (χ2n) is 14.5. The van der Waals surface area contributed by atoms with Gasteiger partial charge in [0.15, 0.2) is 0 Å². The molecule has 0 bridgehead atoms. The Hall–Kier alpha value is -7.56. The minimum absolute atomic E-state index is 0.797. The minimum Gasteiger partial charge on any atom is -0.456 e. The molecule has 0 saturated carbocycles. The fourth-order valence-corrected chi connectivity index (χ4v) is 8.70. The molecule has 4 nitrogen and oxygen atoms in total. The van der Waals surface area contributed by atoms with Gasteiger partial charge in [0.05, 0.1) is 22.9 Å². The van der Waals surface area contributed by atoms with Crippen LogP contribution in [0.3, 0.4) is 0 Å². The smallest absolute Gasteiger partial charge is 0.144 e. The number of fused-ring (bicyclic) bond motifs is 12. The number of nitrogens with zero attached hydrogens (tertiary/aromatic N) is 2. The largest absolute Gasteiger partial charge is 0.456 e. The van der Waals surface area contributed by atoms with Gasteiger partial charge in [-0.1, -0.05) is 133 Å². The van der Waals surface area contributed by atoms with Crippen LogP contribution in [-0.2, 0) is 0 Å². The van der Waals surface area contributed by atoms with Crippen LogP contribution in [0.25, 0.3) is 121 Å². The predicted molar refractivity (Wildman–Crippen MR) is 231 cm³/mol. The van der Waals surface area contributed by atoms with Gasteiger partial charge in [-0.2, -0.15) is 0 Å². The maximum absolute atomic E-state index is 6.81. The van der Waals surface area contributed by atoms with E-state index in [2.05, 4.69) is 152 Å². The summed E-state index contributed by atoms with van der Waals surface area (Å²) < 4.78 is 13.4. The number of benzene rings is 9. The zero-order valence-corrected chi connectivity index (χ0v) is 30.0. The maximum atomic E-state index is 6.81. The van der Waals surface area contributed by atoms with E-state index < -0.39 is 0 Å². The third kappa shape index (κ3) is 4.66. The Morgan fingerprint density at radius 1 is 0.339 bits per heavy atom. The van der Waals surface area contributed by atoms with Gasteiger partial charge in [-0.05, 0) is 81.1 Å². The average molecular weight is 715 g/mol. The van der Waals surface area contributed by atoms with Gasteiger partial charge in [0.2, 0.25) is 0 Å². The second kappa shape index (κ2) is 12.0. The van der Waals surface area contributed by atoms with Crippen LogP contribution in [0.5, 0.6) is 0 Å². The zero-order valence-electron chi connectivity index (χ0n) is 30.0. The lowest BCUT2D eigenvalue weighted by atomic mass is 9.90. The van der Waals surface area contributed by atoms with E-state index in [4.69, 9.17) is 18.8 Å². The van der Waals surface area contributed by atoms with Crippen molar-refractivity contribution in [3.8, 4) is 44.6 Å². The van der Waals surface area contributed by atoms with E-state index in [1.807, 2.05) is 30.5 Å². The molecule has 12 rings (SSSR count). The summed E-state index contributed by atoms with van der Waals surface area (Å²) in [4.78, 5) is 10.6. The molecule has 0 aliphatic rings. The van der Waals surface area contributed by atoms with Gasteiger partial charge in [-0.15, -0.1) is 0 Å². The number of aromatic nitrogens is 2. The Kier molecular flexibility index (Phi) is 6.60. The summed E-state index contributed by atoms with van der Waals surface area (Å²) >= 11 is 0. The third-order valence-electron chi connectivity index (χ3n) is 11.3. The predicted octanol–water partition coefficient (Wildman–Crippen LogP) is 14.4. The van der Waals surface area contributed by atoms with Gasteiger partial charge in [0.1, 0.15) is 22.3 Å². The summed E-state index contributed by atoms with van der Waals surface area (Å²) in [5, 5.41) is 8.66. The average Bonchev–Trinajstić information content (AvgIpc) is 3.83. The molecule has 12 aromatic rings. The molecule has 0 saturated heterocycles. The Balaban J connectivity index is 1.18. The van der Waals surface area contributed by atoms with E-state index in [-0.39, 0.29) is 0 Å². The fourth-order valence-electron chi connectivity index (χ4n) is 8.70. The molecule has 0 fully saturated rings. The quantitative estimate of drug-likeness (QED) is 0.170. The number of hydrogen-bond acceptors (Lipinski definition) is 4. The first-order valence-electron chi connectivity index (χ1n) is 18.9. The topological polar surface area (TPSA) is 52.1 Å². The Morgan fingerprint density at radius 3 is 1.66 bits per heavy atom. The monoisotopic (exact) mass is 714 g/mol. The highest BCUT2D eigenvalue weighted by Gasteiger charge is 2.23. The summed E-state index contributed by atoms with van der Waals surface area (Å²) in [6.07, 6.45) is 1.93. The highest BCUT2D eigenvalue weighted by molar-refractivity contribution is 6.25. The first-order valence-corrected chi connectivity index (χ1v) is 18.9. The highest BCUT2D eigenvalue weighted by atomic mass is 16.3. The van der Waals surface area contributed by atoms with Crippen molar-refractivity contribution in [1.82, 2.24) is 9.97 Å². The molecule has 3 heterocycles. The molecule has 9 aromatic carbocycles. The van der Waals surface area contributed by atoms with Crippen molar-refractivity contribution in [2.24, 2.45) is 0 Å². The molecule has 0 N–H and O–H groups in total. The van der Waals surface area contributed by atoms with Gasteiger partial charge in [0, 0.05) is 43.4 Å². The Morgan fingerprint density at radius 2 is 0.893 bits per heavy atom. The van der Waals surface area contributed by atoms with Crippen LogP contribution >= 0.6 is 0 Å². The number of furan rings is 2. The van der Waals surface area contributed by atoms with Crippen LogP contribution in [-0.4, -0.2) is 9.97 Å². The lowest BCUT2D eigenvalue weighted by Gasteiger charge is -2.14. The van der Waals surface area contributed by atoms with Crippen LogP contribution in [0.15, 0.2) is 191 Å². The molecule has 0 radical (unpaired) electrons. The van der Waals surface area contributed by atoms with Gasteiger partial charge in [-0.25, -0.2) is 4.98 Å². The van der Waals surface area contributed by atoms with Crippen molar-refractivity contribution in [2.45, 2.75) is 0 Å². The molecule has 0 spiro atoms.